The topological polar surface area (TPSA) is 80.4 Å². The van der Waals surface area contributed by atoms with Gasteiger partial charge in [0.25, 0.3) is 0 Å². The normalized spacial score (nSPS) is 11.7. The minimum Gasteiger partial charge on any atom is -0.392 e. The summed E-state index contributed by atoms with van der Waals surface area (Å²) in [5, 5.41) is 13.6. The molecule has 1 N–H and O–H groups in total. The van der Waals surface area contributed by atoms with Gasteiger partial charge in [0.2, 0.25) is 0 Å². The van der Waals surface area contributed by atoms with Crippen molar-refractivity contribution in [2.24, 2.45) is 0 Å². The molecule has 5 nitrogen and oxygen atoms in total. The van der Waals surface area contributed by atoms with Crippen molar-refractivity contribution < 1.29 is 18.0 Å². The van der Waals surface area contributed by atoms with E-state index in [4.69, 9.17) is 4.52 Å². The predicted octanol–water partition coefficient (Wildman–Crippen LogP) is 3.99. The van der Waals surface area contributed by atoms with Gasteiger partial charge in [-0.05, 0) is 43.0 Å². The first-order valence-corrected chi connectivity index (χ1v) is 10.5. The van der Waals surface area contributed by atoms with Gasteiger partial charge in [-0.3, -0.25) is 0 Å². The number of benzene rings is 2. The Morgan fingerprint density at radius 3 is 2.44 bits per heavy atom. The highest BCUT2D eigenvalue weighted by atomic mass is 32.2. The van der Waals surface area contributed by atoms with Crippen LogP contribution in [0.3, 0.4) is 0 Å². The van der Waals surface area contributed by atoms with Gasteiger partial charge in [-0.15, -0.1) is 0 Å². The number of aromatic nitrogens is 1. The fourth-order valence-corrected chi connectivity index (χ4v) is 4.64. The molecule has 0 unspecified atom stereocenters. The summed E-state index contributed by atoms with van der Waals surface area (Å²) in [5.74, 6) is 0.101. The molecule has 0 amide bonds. The summed E-state index contributed by atoms with van der Waals surface area (Å²) in [6.45, 7) is 5.47. The molecule has 1 heterocycles. The third-order valence-electron chi connectivity index (χ3n) is 4.84. The van der Waals surface area contributed by atoms with Gasteiger partial charge in [-0.25, -0.2) is 8.42 Å². The number of rotatable bonds is 6. The molecular weight excluding hydrogens is 362 g/mol. The van der Waals surface area contributed by atoms with Crippen LogP contribution in [0, 0.1) is 13.8 Å². The van der Waals surface area contributed by atoms with Gasteiger partial charge in [0.05, 0.1) is 17.2 Å². The molecule has 0 bridgehead atoms. The van der Waals surface area contributed by atoms with Crippen molar-refractivity contribution in [2.45, 2.75) is 44.4 Å². The van der Waals surface area contributed by atoms with Gasteiger partial charge < -0.3 is 9.63 Å². The van der Waals surface area contributed by atoms with Crippen LogP contribution >= 0.6 is 0 Å². The third-order valence-corrected chi connectivity index (χ3v) is 6.50. The average Bonchev–Trinajstić information content (AvgIpc) is 2.99. The molecule has 6 heteroatoms. The first kappa shape index (κ1) is 19.3. The number of sulfone groups is 1. The average molecular weight is 385 g/mol. The molecule has 0 fully saturated rings. The number of aliphatic hydroxyl groups is 1. The number of aryl methyl sites for hydroxylation is 2. The number of hydrogen-bond donors (Lipinski definition) is 1. The standard InChI is InChI=1S/C21H23NO4S/c1-4-16-9-10-18(17(11-16)12-23)19-7-5-6-8-21(19)27(24,25)13-20-14(2)15(3)22-26-20/h5-11,23H,4,12-13H2,1-3H3. The Hall–Kier alpha value is -2.44. The predicted molar refractivity (Wildman–Crippen MR) is 104 cm³/mol. The molecular formula is C21H23NO4S. The molecule has 0 aliphatic heterocycles. The minimum absolute atomic E-state index is 0.155. The third kappa shape index (κ3) is 3.82. The molecule has 0 aliphatic carbocycles. The van der Waals surface area contributed by atoms with Crippen molar-refractivity contribution >= 4 is 9.84 Å². The lowest BCUT2D eigenvalue weighted by molar-refractivity contribution is 0.282. The van der Waals surface area contributed by atoms with Crippen molar-refractivity contribution in [3.8, 4) is 11.1 Å². The lowest BCUT2D eigenvalue weighted by atomic mass is 9.97. The van der Waals surface area contributed by atoms with E-state index in [-0.39, 0.29) is 17.3 Å². The van der Waals surface area contributed by atoms with Crippen LogP contribution in [0.25, 0.3) is 11.1 Å². The van der Waals surface area contributed by atoms with Gasteiger partial charge in [0, 0.05) is 11.1 Å². The number of nitrogens with zero attached hydrogens (tertiary/aromatic N) is 1. The van der Waals surface area contributed by atoms with E-state index in [9.17, 15) is 13.5 Å². The molecule has 142 valence electrons. The van der Waals surface area contributed by atoms with Crippen LogP contribution in [0.5, 0.6) is 0 Å². The molecule has 3 rings (SSSR count). The van der Waals surface area contributed by atoms with E-state index in [1.54, 1.807) is 38.1 Å². The van der Waals surface area contributed by atoms with Gasteiger partial charge in [-0.1, -0.05) is 48.5 Å². The summed E-state index contributed by atoms with van der Waals surface area (Å²) in [4.78, 5) is 0.220. The maximum atomic E-state index is 13.1. The van der Waals surface area contributed by atoms with E-state index in [0.717, 1.165) is 23.1 Å². The Morgan fingerprint density at radius 1 is 1.07 bits per heavy atom. The Bertz CT molecular complexity index is 1070. The molecule has 27 heavy (non-hydrogen) atoms. The van der Waals surface area contributed by atoms with Crippen LogP contribution in [-0.2, 0) is 28.6 Å². The monoisotopic (exact) mass is 385 g/mol. The molecule has 0 saturated heterocycles. The highest BCUT2D eigenvalue weighted by molar-refractivity contribution is 7.90. The van der Waals surface area contributed by atoms with Crippen LogP contribution in [0.4, 0.5) is 0 Å². The van der Waals surface area contributed by atoms with E-state index >= 15 is 0 Å². The highest BCUT2D eigenvalue weighted by Gasteiger charge is 2.24. The van der Waals surface area contributed by atoms with Gasteiger partial charge in [-0.2, -0.15) is 0 Å². The maximum absolute atomic E-state index is 13.1. The molecule has 0 spiro atoms. The Balaban J connectivity index is 2.10. The molecule has 0 saturated carbocycles. The summed E-state index contributed by atoms with van der Waals surface area (Å²) < 4.78 is 31.5. The maximum Gasteiger partial charge on any atom is 0.186 e. The zero-order chi connectivity index (χ0) is 19.6. The minimum atomic E-state index is -3.66. The summed E-state index contributed by atoms with van der Waals surface area (Å²) in [6, 6.07) is 12.6. The second-order valence-electron chi connectivity index (χ2n) is 6.57. The second kappa shape index (κ2) is 7.66. The lowest BCUT2D eigenvalue weighted by Gasteiger charge is -2.14. The Morgan fingerprint density at radius 2 is 1.81 bits per heavy atom. The van der Waals surface area contributed by atoms with Gasteiger partial charge in [0.1, 0.15) is 5.75 Å². The zero-order valence-corrected chi connectivity index (χ0v) is 16.5. The molecule has 0 atom stereocenters. The van der Waals surface area contributed by atoms with Crippen LogP contribution in [0.15, 0.2) is 51.9 Å². The van der Waals surface area contributed by atoms with Crippen LogP contribution in [0.2, 0.25) is 0 Å². The van der Waals surface area contributed by atoms with Gasteiger partial charge >= 0.3 is 0 Å². The SMILES string of the molecule is CCc1ccc(-c2ccccc2S(=O)(=O)Cc2onc(C)c2C)c(CO)c1. The molecule has 3 aromatic rings. The second-order valence-corrected chi connectivity index (χ2v) is 8.53. The zero-order valence-electron chi connectivity index (χ0n) is 15.7. The van der Waals surface area contributed by atoms with E-state index in [1.807, 2.05) is 25.1 Å². The van der Waals surface area contributed by atoms with Crippen molar-refractivity contribution in [1.82, 2.24) is 5.16 Å². The van der Waals surface area contributed by atoms with Crippen molar-refractivity contribution in [1.29, 1.82) is 0 Å². The van der Waals surface area contributed by atoms with Crippen molar-refractivity contribution in [3.63, 3.8) is 0 Å². The van der Waals surface area contributed by atoms with Crippen molar-refractivity contribution in [3.05, 3.63) is 70.6 Å². The molecule has 0 radical (unpaired) electrons. The van der Waals surface area contributed by atoms with E-state index in [0.29, 0.717) is 22.6 Å². The first-order valence-electron chi connectivity index (χ1n) is 8.84. The molecule has 2 aromatic carbocycles. The first-order chi connectivity index (χ1) is 12.9. The lowest BCUT2D eigenvalue weighted by Crippen LogP contribution is -2.07. The fourth-order valence-electron chi connectivity index (χ4n) is 3.07. The van der Waals surface area contributed by atoms with Crippen LogP contribution < -0.4 is 0 Å². The number of aliphatic hydroxyl groups excluding tert-OH is 1. The Labute approximate surface area is 159 Å². The number of hydrogen-bond acceptors (Lipinski definition) is 5. The highest BCUT2D eigenvalue weighted by Crippen LogP contribution is 2.33. The fraction of sp³-hybridized carbons (Fsp3) is 0.286. The summed E-state index contributed by atoms with van der Waals surface area (Å²) in [5.41, 5.74) is 4.54. The summed E-state index contributed by atoms with van der Waals surface area (Å²) in [6.07, 6.45) is 0.845. The van der Waals surface area contributed by atoms with Gasteiger partial charge in [0.15, 0.2) is 15.6 Å². The summed E-state index contributed by atoms with van der Waals surface area (Å²) >= 11 is 0. The van der Waals surface area contributed by atoms with E-state index in [2.05, 4.69) is 5.16 Å². The van der Waals surface area contributed by atoms with Crippen molar-refractivity contribution in [2.75, 3.05) is 0 Å². The van der Waals surface area contributed by atoms with E-state index < -0.39 is 9.84 Å². The van der Waals surface area contributed by atoms with E-state index in [1.165, 1.54) is 0 Å². The smallest absolute Gasteiger partial charge is 0.186 e. The van der Waals surface area contributed by atoms with Crippen LogP contribution in [0.1, 0.15) is 35.1 Å². The summed E-state index contributed by atoms with van der Waals surface area (Å²) in [7, 11) is -3.66. The Kier molecular flexibility index (Phi) is 5.48. The molecule has 1 aromatic heterocycles. The largest absolute Gasteiger partial charge is 0.392 e. The van der Waals surface area contributed by atoms with Crippen LogP contribution in [-0.4, -0.2) is 18.7 Å². The molecule has 0 aliphatic rings. The quantitative estimate of drug-likeness (QED) is 0.694.